The summed E-state index contributed by atoms with van der Waals surface area (Å²) in [5.74, 6) is 0. The SMILES string of the molecule is CC(C)N1C[C@@H]2C[C@@](C#N)(CO2)C1. The van der Waals surface area contributed by atoms with E-state index in [9.17, 15) is 0 Å². The van der Waals surface area contributed by atoms with Crippen LogP contribution in [-0.4, -0.2) is 36.7 Å². The van der Waals surface area contributed by atoms with Gasteiger partial charge < -0.3 is 4.74 Å². The first kappa shape index (κ1) is 8.98. The summed E-state index contributed by atoms with van der Waals surface area (Å²) in [6, 6.07) is 2.95. The maximum absolute atomic E-state index is 9.11. The van der Waals surface area contributed by atoms with Gasteiger partial charge in [0.05, 0.1) is 24.2 Å². The highest BCUT2D eigenvalue weighted by Gasteiger charge is 2.46. The predicted octanol–water partition coefficient (Wildman–Crippen LogP) is 1.01. The Morgan fingerprint density at radius 1 is 1.62 bits per heavy atom. The minimum Gasteiger partial charge on any atom is -0.375 e. The molecule has 72 valence electrons. The Kier molecular flexibility index (Phi) is 2.05. The highest BCUT2D eigenvalue weighted by Crippen LogP contribution is 2.38. The lowest BCUT2D eigenvalue weighted by atomic mass is 9.83. The van der Waals surface area contributed by atoms with E-state index in [2.05, 4.69) is 24.8 Å². The summed E-state index contributed by atoms with van der Waals surface area (Å²) >= 11 is 0. The largest absolute Gasteiger partial charge is 0.375 e. The van der Waals surface area contributed by atoms with Gasteiger partial charge in [0.25, 0.3) is 0 Å². The quantitative estimate of drug-likeness (QED) is 0.604. The lowest BCUT2D eigenvalue weighted by molar-refractivity contribution is 0.0704. The van der Waals surface area contributed by atoms with Gasteiger partial charge in [0.15, 0.2) is 0 Å². The van der Waals surface area contributed by atoms with Gasteiger partial charge >= 0.3 is 0 Å². The summed E-state index contributed by atoms with van der Waals surface area (Å²) in [6.07, 6.45) is 1.24. The maximum atomic E-state index is 9.11. The Morgan fingerprint density at radius 2 is 2.38 bits per heavy atom. The van der Waals surface area contributed by atoms with Gasteiger partial charge in [0.1, 0.15) is 0 Å². The van der Waals surface area contributed by atoms with Gasteiger partial charge in [0, 0.05) is 19.1 Å². The van der Waals surface area contributed by atoms with Crippen molar-refractivity contribution < 1.29 is 4.74 Å². The molecule has 3 nitrogen and oxygen atoms in total. The third-order valence-corrected chi connectivity index (χ3v) is 3.13. The van der Waals surface area contributed by atoms with Crippen LogP contribution in [0.2, 0.25) is 0 Å². The van der Waals surface area contributed by atoms with E-state index in [1.54, 1.807) is 0 Å². The molecule has 0 N–H and O–H groups in total. The van der Waals surface area contributed by atoms with E-state index < -0.39 is 0 Å². The van der Waals surface area contributed by atoms with Crippen LogP contribution in [0.3, 0.4) is 0 Å². The highest BCUT2D eigenvalue weighted by atomic mass is 16.5. The van der Waals surface area contributed by atoms with E-state index in [4.69, 9.17) is 10.00 Å². The molecular formula is C10H16N2O. The number of hydrogen-bond acceptors (Lipinski definition) is 3. The molecule has 3 heteroatoms. The molecule has 2 rings (SSSR count). The first-order valence-corrected chi connectivity index (χ1v) is 4.92. The summed E-state index contributed by atoms with van der Waals surface area (Å²) in [6.45, 7) is 6.88. The van der Waals surface area contributed by atoms with Gasteiger partial charge in [-0.25, -0.2) is 0 Å². The third kappa shape index (κ3) is 1.45. The van der Waals surface area contributed by atoms with Crippen molar-refractivity contribution in [2.75, 3.05) is 19.7 Å². The van der Waals surface area contributed by atoms with E-state index in [1.165, 1.54) is 0 Å². The van der Waals surface area contributed by atoms with Crippen molar-refractivity contribution in [3.63, 3.8) is 0 Å². The van der Waals surface area contributed by atoms with Crippen LogP contribution in [0.1, 0.15) is 20.3 Å². The minimum absolute atomic E-state index is 0.201. The number of likely N-dealkylation sites (tertiary alicyclic amines) is 1. The van der Waals surface area contributed by atoms with Crippen molar-refractivity contribution >= 4 is 0 Å². The molecule has 0 aromatic heterocycles. The van der Waals surface area contributed by atoms with Gasteiger partial charge in [-0.2, -0.15) is 5.26 Å². The normalized spacial score (nSPS) is 39.4. The number of hydrogen-bond donors (Lipinski definition) is 0. The molecule has 0 saturated carbocycles. The Balaban J connectivity index is 2.14. The van der Waals surface area contributed by atoms with Gasteiger partial charge in [0.2, 0.25) is 0 Å². The topological polar surface area (TPSA) is 36.3 Å². The van der Waals surface area contributed by atoms with Crippen LogP contribution in [0.25, 0.3) is 0 Å². The first-order chi connectivity index (χ1) is 6.15. The molecule has 13 heavy (non-hydrogen) atoms. The number of nitrogens with zero attached hydrogens (tertiary/aromatic N) is 2. The zero-order chi connectivity index (χ0) is 9.47. The first-order valence-electron chi connectivity index (χ1n) is 4.92. The Morgan fingerprint density at radius 3 is 3.00 bits per heavy atom. The summed E-state index contributed by atoms with van der Waals surface area (Å²) < 4.78 is 5.59. The lowest BCUT2D eigenvalue weighted by Gasteiger charge is -2.36. The molecule has 2 atom stereocenters. The standard InChI is InChI=1S/C10H16N2O/c1-8(2)12-4-9-3-10(5-11,6-12)7-13-9/h8-9H,3-4,6-7H2,1-2H3/t9-,10-/m0/s1. The molecule has 2 heterocycles. The summed E-state index contributed by atoms with van der Waals surface area (Å²) in [4.78, 5) is 2.35. The van der Waals surface area contributed by atoms with Crippen molar-refractivity contribution in [2.45, 2.75) is 32.4 Å². The molecule has 0 spiro atoms. The summed E-state index contributed by atoms with van der Waals surface area (Å²) in [7, 11) is 0. The van der Waals surface area contributed by atoms with Crippen molar-refractivity contribution in [3.05, 3.63) is 0 Å². The zero-order valence-electron chi connectivity index (χ0n) is 8.29. The van der Waals surface area contributed by atoms with Crippen LogP contribution < -0.4 is 0 Å². The van der Waals surface area contributed by atoms with Crippen LogP contribution in [0.15, 0.2) is 0 Å². The van der Waals surface area contributed by atoms with E-state index in [0.717, 1.165) is 19.5 Å². The predicted molar refractivity (Wildman–Crippen MR) is 49.1 cm³/mol. The van der Waals surface area contributed by atoms with Crippen LogP contribution in [0.4, 0.5) is 0 Å². The van der Waals surface area contributed by atoms with Crippen molar-refractivity contribution in [1.29, 1.82) is 5.26 Å². The molecule has 0 aromatic rings. The van der Waals surface area contributed by atoms with Gasteiger partial charge in [-0.1, -0.05) is 0 Å². The molecule has 0 amide bonds. The number of ether oxygens (including phenoxy) is 1. The van der Waals surface area contributed by atoms with Crippen molar-refractivity contribution in [3.8, 4) is 6.07 Å². The fourth-order valence-electron chi connectivity index (χ4n) is 2.28. The van der Waals surface area contributed by atoms with E-state index in [0.29, 0.717) is 18.8 Å². The van der Waals surface area contributed by atoms with Gasteiger partial charge in [-0.15, -0.1) is 0 Å². The molecule has 0 aliphatic carbocycles. The molecule has 2 aliphatic heterocycles. The van der Waals surface area contributed by atoms with Crippen molar-refractivity contribution in [1.82, 2.24) is 4.90 Å². The molecule has 2 saturated heterocycles. The average molecular weight is 180 g/mol. The number of nitriles is 1. The smallest absolute Gasteiger partial charge is 0.0958 e. The monoisotopic (exact) mass is 180 g/mol. The van der Waals surface area contributed by atoms with Gasteiger partial charge in [-0.05, 0) is 20.3 Å². The Bertz CT molecular complexity index is 246. The zero-order valence-corrected chi connectivity index (χ0v) is 8.29. The fourth-order valence-corrected chi connectivity index (χ4v) is 2.28. The fraction of sp³-hybridized carbons (Fsp3) is 0.900. The van der Waals surface area contributed by atoms with Crippen molar-refractivity contribution in [2.24, 2.45) is 5.41 Å². The van der Waals surface area contributed by atoms with Crippen LogP contribution in [0, 0.1) is 16.7 Å². The average Bonchev–Trinajstić information content (AvgIpc) is 2.42. The second-order valence-electron chi connectivity index (χ2n) is 4.55. The van der Waals surface area contributed by atoms with E-state index in [-0.39, 0.29) is 5.41 Å². The highest BCUT2D eigenvalue weighted by molar-refractivity contribution is 5.09. The number of piperidine rings is 1. The third-order valence-electron chi connectivity index (χ3n) is 3.13. The number of rotatable bonds is 1. The van der Waals surface area contributed by atoms with E-state index in [1.807, 2.05) is 0 Å². The molecule has 0 unspecified atom stereocenters. The second kappa shape index (κ2) is 2.97. The molecular weight excluding hydrogens is 164 g/mol. The molecule has 2 bridgehead atoms. The molecule has 0 radical (unpaired) electrons. The summed E-state index contributed by atoms with van der Waals surface area (Å²) in [5, 5.41) is 9.11. The second-order valence-corrected chi connectivity index (χ2v) is 4.55. The maximum Gasteiger partial charge on any atom is 0.0958 e. The molecule has 2 fully saturated rings. The van der Waals surface area contributed by atoms with Crippen LogP contribution in [-0.2, 0) is 4.74 Å². The lowest BCUT2D eigenvalue weighted by Crippen LogP contribution is -2.47. The minimum atomic E-state index is -0.201. The molecule has 0 aromatic carbocycles. The Labute approximate surface area is 79.3 Å². The van der Waals surface area contributed by atoms with Crippen LogP contribution in [0.5, 0.6) is 0 Å². The number of fused-ring (bicyclic) bond motifs is 2. The van der Waals surface area contributed by atoms with E-state index >= 15 is 0 Å². The summed E-state index contributed by atoms with van der Waals surface area (Å²) in [5.41, 5.74) is -0.201. The van der Waals surface area contributed by atoms with Gasteiger partial charge in [-0.3, -0.25) is 4.90 Å². The molecule has 2 aliphatic rings. The van der Waals surface area contributed by atoms with Crippen LogP contribution >= 0.6 is 0 Å². The Hall–Kier alpha value is -0.590.